The fraction of sp³-hybridized carbons (Fsp3) is 0.833. The molecule has 66 valence electrons. The third-order valence-electron chi connectivity index (χ3n) is 1.03. The molecule has 0 spiro atoms. The number of carboxylic acid groups (broad SMARTS) is 1. The molecule has 0 radical (unpaired) electrons. The van der Waals surface area contributed by atoms with Crippen molar-refractivity contribution in [3.8, 4) is 0 Å². The Bertz CT molecular complexity index is 136. The van der Waals surface area contributed by atoms with Gasteiger partial charge in [-0.2, -0.15) is 8.78 Å². The summed E-state index contributed by atoms with van der Waals surface area (Å²) in [6, 6.07) is 0. The van der Waals surface area contributed by atoms with E-state index in [9.17, 15) is 13.6 Å². The predicted octanol–water partition coefficient (Wildman–Crippen LogP) is 1.48. The second-order valence-electron chi connectivity index (χ2n) is 2.02. The number of hydrogen-bond acceptors (Lipinski definition) is 2. The zero-order valence-electron chi connectivity index (χ0n) is 6.14. The number of carbonyl (C=O) groups is 1. The number of carboxylic acids is 1. The molecule has 0 unspecified atom stereocenters. The van der Waals surface area contributed by atoms with Gasteiger partial charge in [0.2, 0.25) is 0 Å². The van der Waals surface area contributed by atoms with Crippen molar-refractivity contribution in [3.63, 3.8) is 0 Å². The first kappa shape index (κ1) is 10.3. The summed E-state index contributed by atoms with van der Waals surface area (Å²) >= 11 is 0. The number of alkyl halides is 2. The Hall–Kier alpha value is -0.710. The molecule has 1 N–H and O–H groups in total. The third-order valence-corrected chi connectivity index (χ3v) is 1.03. The monoisotopic (exact) mass is 168 g/mol. The van der Waals surface area contributed by atoms with E-state index in [4.69, 9.17) is 5.11 Å². The summed E-state index contributed by atoms with van der Waals surface area (Å²) < 4.78 is 27.9. The molecule has 0 bridgehead atoms. The largest absolute Gasteiger partial charge is 0.475 e. The highest BCUT2D eigenvalue weighted by atomic mass is 19.3. The molecule has 0 fully saturated rings. The molecule has 0 rings (SSSR count). The van der Waals surface area contributed by atoms with E-state index in [1.54, 1.807) is 6.92 Å². The van der Waals surface area contributed by atoms with E-state index in [1.807, 2.05) is 0 Å². The van der Waals surface area contributed by atoms with Gasteiger partial charge < -0.3 is 9.84 Å². The highest BCUT2D eigenvalue weighted by Crippen LogP contribution is 2.15. The molecule has 0 aliphatic heterocycles. The lowest BCUT2D eigenvalue weighted by atomic mass is 10.4. The van der Waals surface area contributed by atoms with E-state index < -0.39 is 12.1 Å². The van der Waals surface area contributed by atoms with Crippen LogP contribution in [0.2, 0.25) is 0 Å². The Labute approximate surface area is 63.0 Å². The summed E-state index contributed by atoms with van der Waals surface area (Å²) in [5, 5.41) is 7.87. The molecular formula is C6H10F2O3. The smallest absolute Gasteiger partial charge is 0.455 e. The van der Waals surface area contributed by atoms with Crippen LogP contribution in [0, 0.1) is 0 Å². The molecule has 11 heavy (non-hydrogen) atoms. The predicted molar refractivity (Wildman–Crippen MR) is 33.4 cm³/mol. The minimum Gasteiger partial charge on any atom is -0.475 e. The minimum atomic E-state index is -4.03. The van der Waals surface area contributed by atoms with Gasteiger partial charge in [-0.05, 0) is 6.42 Å². The Morgan fingerprint density at radius 3 is 2.55 bits per heavy atom. The molecule has 0 aliphatic rings. The van der Waals surface area contributed by atoms with Gasteiger partial charge in [0.05, 0.1) is 6.61 Å². The van der Waals surface area contributed by atoms with Crippen LogP contribution >= 0.6 is 0 Å². The lowest BCUT2D eigenvalue weighted by Crippen LogP contribution is -2.31. The van der Waals surface area contributed by atoms with E-state index in [0.717, 1.165) is 0 Å². The number of hydrogen-bond donors (Lipinski definition) is 1. The molecule has 5 heteroatoms. The summed E-state index contributed by atoms with van der Waals surface area (Å²) in [4.78, 5) is 9.74. The van der Waals surface area contributed by atoms with Crippen molar-refractivity contribution in [3.05, 3.63) is 0 Å². The molecule has 0 aromatic rings. The van der Waals surface area contributed by atoms with E-state index in [1.165, 1.54) is 0 Å². The van der Waals surface area contributed by atoms with Crippen molar-refractivity contribution in [2.45, 2.75) is 25.9 Å². The SMILES string of the molecule is CCCCOC(F)(F)C(=O)O. The van der Waals surface area contributed by atoms with Gasteiger partial charge in [0.15, 0.2) is 0 Å². The van der Waals surface area contributed by atoms with Crippen molar-refractivity contribution in [1.82, 2.24) is 0 Å². The van der Waals surface area contributed by atoms with Gasteiger partial charge in [0.25, 0.3) is 0 Å². The van der Waals surface area contributed by atoms with E-state index >= 15 is 0 Å². The number of unbranched alkanes of at least 4 members (excludes halogenated alkanes) is 1. The molecular weight excluding hydrogens is 158 g/mol. The number of halogens is 2. The highest BCUT2D eigenvalue weighted by Gasteiger charge is 2.40. The van der Waals surface area contributed by atoms with Gasteiger partial charge >= 0.3 is 12.1 Å². The van der Waals surface area contributed by atoms with E-state index in [0.29, 0.717) is 12.8 Å². The molecule has 0 saturated heterocycles. The third kappa shape index (κ3) is 3.87. The van der Waals surface area contributed by atoms with Crippen LogP contribution in [0.25, 0.3) is 0 Å². The maximum absolute atomic E-state index is 12.0. The molecule has 0 atom stereocenters. The lowest BCUT2D eigenvalue weighted by Gasteiger charge is -2.10. The first-order chi connectivity index (χ1) is 5.00. The van der Waals surface area contributed by atoms with Crippen LogP contribution in [0.1, 0.15) is 19.8 Å². The number of aliphatic carboxylic acids is 1. The van der Waals surface area contributed by atoms with Crippen molar-refractivity contribution in [2.24, 2.45) is 0 Å². The topological polar surface area (TPSA) is 46.5 Å². The Morgan fingerprint density at radius 2 is 2.18 bits per heavy atom. The van der Waals surface area contributed by atoms with Crippen LogP contribution in [0.15, 0.2) is 0 Å². The summed E-state index contributed by atoms with van der Waals surface area (Å²) in [6.45, 7) is 1.57. The van der Waals surface area contributed by atoms with Crippen LogP contribution < -0.4 is 0 Å². The Morgan fingerprint density at radius 1 is 1.64 bits per heavy atom. The van der Waals surface area contributed by atoms with Crippen LogP contribution in [0.4, 0.5) is 8.78 Å². The quantitative estimate of drug-likeness (QED) is 0.632. The van der Waals surface area contributed by atoms with Gasteiger partial charge in [0, 0.05) is 0 Å². The first-order valence-electron chi connectivity index (χ1n) is 3.26. The molecule has 0 aromatic carbocycles. The maximum Gasteiger partial charge on any atom is 0.455 e. The van der Waals surface area contributed by atoms with Crippen molar-refractivity contribution in [2.75, 3.05) is 6.61 Å². The molecule has 0 aromatic heterocycles. The van der Waals surface area contributed by atoms with Gasteiger partial charge in [-0.15, -0.1) is 0 Å². The molecule has 0 saturated carbocycles. The molecule has 0 aliphatic carbocycles. The first-order valence-corrected chi connectivity index (χ1v) is 3.26. The molecule has 3 nitrogen and oxygen atoms in total. The Balaban J connectivity index is 3.64. The zero-order valence-corrected chi connectivity index (χ0v) is 6.14. The van der Waals surface area contributed by atoms with Gasteiger partial charge in [0.1, 0.15) is 0 Å². The maximum atomic E-state index is 12.0. The van der Waals surface area contributed by atoms with Crippen LogP contribution in [-0.4, -0.2) is 23.8 Å². The van der Waals surface area contributed by atoms with Gasteiger partial charge in [-0.1, -0.05) is 13.3 Å². The lowest BCUT2D eigenvalue weighted by molar-refractivity contribution is -0.245. The zero-order chi connectivity index (χ0) is 8.91. The summed E-state index contributed by atoms with van der Waals surface area (Å²) in [5.74, 6) is -2.24. The number of rotatable bonds is 5. The fourth-order valence-electron chi connectivity index (χ4n) is 0.406. The fourth-order valence-corrected chi connectivity index (χ4v) is 0.406. The van der Waals surface area contributed by atoms with Crippen LogP contribution in [0.5, 0.6) is 0 Å². The highest BCUT2D eigenvalue weighted by molar-refractivity contribution is 5.73. The second kappa shape index (κ2) is 4.23. The van der Waals surface area contributed by atoms with Crippen molar-refractivity contribution in [1.29, 1.82) is 0 Å². The summed E-state index contributed by atoms with van der Waals surface area (Å²) in [5.41, 5.74) is 0. The van der Waals surface area contributed by atoms with E-state index in [2.05, 4.69) is 4.74 Å². The van der Waals surface area contributed by atoms with Gasteiger partial charge in [-0.3, -0.25) is 0 Å². The molecule has 0 heterocycles. The molecule has 0 amide bonds. The van der Waals surface area contributed by atoms with Crippen LogP contribution in [0.3, 0.4) is 0 Å². The van der Waals surface area contributed by atoms with Crippen molar-refractivity contribution >= 4 is 5.97 Å². The summed E-state index contributed by atoms with van der Waals surface area (Å²) in [6.07, 6.45) is -2.91. The number of ether oxygens (including phenoxy) is 1. The average Bonchev–Trinajstić information content (AvgIpc) is 1.88. The average molecular weight is 168 g/mol. The second-order valence-corrected chi connectivity index (χ2v) is 2.02. The van der Waals surface area contributed by atoms with E-state index in [-0.39, 0.29) is 6.61 Å². The van der Waals surface area contributed by atoms with Crippen molar-refractivity contribution < 1.29 is 23.4 Å². The van der Waals surface area contributed by atoms with Gasteiger partial charge in [-0.25, -0.2) is 4.79 Å². The minimum absolute atomic E-state index is 0.226. The van der Waals surface area contributed by atoms with Crippen LogP contribution in [-0.2, 0) is 9.53 Å². The summed E-state index contributed by atoms with van der Waals surface area (Å²) in [7, 11) is 0. The normalized spacial score (nSPS) is 11.5. The Kier molecular flexibility index (Phi) is 3.95. The standard InChI is InChI=1S/C6H10F2O3/c1-2-3-4-11-6(7,8)5(9)10/h2-4H2,1H3,(H,9,10).